The highest BCUT2D eigenvalue weighted by molar-refractivity contribution is 5.97. The number of benzene rings is 3. The highest BCUT2D eigenvalue weighted by Crippen LogP contribution is 2.20. The Bertz CT molecular complexity index is 917. The number of fused-ring (bicyclic) bond motifs is 1. The van der Waals surface area contributed by atoms with Crippen molar-refractivity contribution in [1.82, 2.24) is 4.90 Å². The average molecular weight is 359 g/mol. The van der Waals surface area contributed by atoms with Crippen molar-refractivity contribution in [2.75, 3.05) is 36.4 Å². The first-order valence-corrected chi connectivity index (χ1v) is 9.54. The number of nitrogens with zero attached hydrogens (tertiary/aromatic N) is 2. The summed E-state index contributed by atoms with van der Waals surface area (Å²) in [5.74, 6) is 0.0541. The summed E-state index contributed by atoms with van der Waals surface area (Å²) in [7, 11) is 0. The van der Waals surface area contributed by atoms with E-state index in [1.165, 1.54) is 11.1 Å². The first kappa shape index (κ1) is 17.6. The van der Waals surface area contributed by atoms with Crippen LogP contribution in [0.3, 0.4) is 0 Å². The van der Waals surface area contributed by atoms with Crippen LogP contribution in [-0.2, 0) is 4.79 Å². The normalized spacial score (nSPS) is 16.3. The van der Waals surface area contributed by atoms with Crippen molar-refractivity contribution in [3.05, 3.63) is 72.8 Å². The third-order valence-corrected chi connectivity index (χ3v) is 5.38. The van der Waals surface area contributed by atoms with Crippen LogP contribution in [-0.4, -0.2) is 43.0 Å². The molecule has 3 aromatic rings. The van der Waals surface area contributed by atoms with Gasteiger partial charge >= 0.3 is 0 Å². The lowest BCUT2D eigenvalue weighted by atomic mass is 10.1. The average Bonchev–Trinajstić information content (AvgIpc) is 2.74. The molecule has 1 heterocycles. The van der Waals surface area contributed by atoms with Crippen LogP contribution in [0.5, 0.6) is 0 Å². The number of hydrogen-bond acceptors (Lipinski definition) is 3. The monoisotopic (exact) mass is 359 g/mol. The van der Waals surface area contributed by atoms with Gasteiger partial charge in [0.1, 0.15) is 0 Å². The van der Waals surface area contributed by atoms with E-state index >= 15 is 0 Å². The van der Waals surface area contributed by atoms with Crippen LogP contribution >= 0.6 is 0 Å². The van der Waals surface area contributed by atoms with Crippen molar-refractivity contribution in [3.63, 3.8) is 0 Å². The van der Waals surface area contributed by atoms with Gasteiger partial charge in [-0.15, -0.1) is 0 Å². The van der Waals surface area contributed by atoms with Crippen LogP contribution in [0.4, 0.5) is 11.4 Å². The Morgan fingerprint density at radius 2 is 1.52 bits per heavy atom. The fourth-order valence-corrected chi connectivity index (χ4v) is 3.69. The quantitative estimate of drug-likeness (QED) is 0.765. The molecule has 138 valence electrons. The molecule has 0 bridgehead atoms. The van der Waals surface area contributed by atoms with Gasteiger partial charge in [0.25, 0.3) is 0 Å². The van der Waals surface area contributed by atoms with Crippen molar-refractivity contribution < 1.29 is 4.79 Å². The largest absolute Gasteiger partial charge is 0.369 e. The molecular weight excluding hydrogens is 334 g/mol. The van der Waals surface area contributed by atoms with E-state index in [-0.39, 0.29) is 11.9 Å². The van der Waals surface area contributed by atoms with Crippen LogP contribution in [0, 0.1) is 0 Å². The minimum Gasteiger partial charge on any atom is -0.369 e. The molecule has 0 aromatic heterocycles. The van der Waals surface area contributed by atoms with Gasteiger partial charge in [-0.1, -0.05) is 48.5 Å². The van der Waals surface area contributed by atoms with Crippen molar-refractivity contribution in [1.29, 1.82) is 0 Å². The summed E-state index contributed by atoms with van der Waals surface area (Å²) >= 11 is 0. The Balaban J connectivity index is 1.36. The minimum atomic E-state index is -0.144. The van der Waals surface area contributed by atoms with Gasteiger partial charge in [0.15, 0.2) is 0 Å². The summed E-state index contributed by atoms with van der Waals surface area (Å²) in [5, 5.41) is 5.40. The predicted octanol–water partition coefficient (Wildman–Crippen LogP) is 3.99. The molecule has 27 heavy (non-hydrogen) atoms. The molecule has 0 saturated carbocycles. The number of carbonyl (C=O) groups excluding carboxylic acids is 1. The molecule has 1 atom stereocenters. The smallest absolute Gasteiger partial charge is 0.241 e. The molecule has 0 spiro atoms. The first-order valence-electron chi connectivity index (χ1n) is 9.54. The zero-order valence-electron chi connectivity index (χ0n) is 15.6. The Hall–Kier alpha value is -2.85. The molecule has 1 aliphatic rings. The van der Waals surface area contributed by atoms with E-state index in [2.05, 4.69) is 51.5 Å². The highest BCUT2D eigenvalue weighted by Gasteiger charge is 2.25. The summed E-state index contributed by atoms with van der Waals surface area (Å²) in [4.78, 5) is 17.4. The van der Waals surface area contributed by atoms with Crippen molar-refractivity contribution in [2.45, 2.75) is 13.0 Å². The summed E-state index contributed by atoms with van der Waals surface area (Å²) in [5.41, 5.74) is 2.11. The van der Waals surface area contributed by atoms with Crippen LogP contribution in [0.25, 0.3) is 10.8 Å². The van der Waals surface area contributed by atoms with Gasteiger partial charge in [0.2, 0.25) is 5.91 Å². The molecule has 1 amide bonds. The number of rotatable bonds is 4. The maximum absolute atomic E-state index is 12.7. The summed E-state index contributed by atoms with van der Waals surface area (Å²) in [6, 6.07) is 24.6. The van der Waals surface area contributed by atoms with E-state index < -0.39 is 0 Å². The zero-order chi connectivity index (χ0) is 18.6. The molecule has 1 aliphatic heterocycles. The first-order chi connectivity index (χ1) is 13.2. The molecular formula is C23H25N3O. The summed E-state index contributed by atoms with van der Waals surface area (Å²) in [6.07, 6.45) is 0. The third kappa shape index (κ3) is 3.96. The zero-order valence-corrected chi connectivity index (χ0v) is 15.6. The molecule has 1 saturated heterocycles. The van der Waals surface area contributed by atoms with E-state index in [1.807, 2.05) is 43.3 Å². The summed E-state index contributed by atoms with van der Waals surface area (Å²) in [6.45, 7) is 5.66. The van der Waals surface area contributed by atoms with Crippen molar-refractivity contribution in [3.8, 4) is 0 Å². The van der Waals surface area contributed by atoms with Gasteiger partial charge in [-0.2, -0.15) is 0 Å². The number of hydrogen-bond donors (Lipinski definition) is 1. The van der Waals surface area contributed by atoms with Crippen LogP contribution < -0.4 is 10.2 Å². The van der Waals surface area contributed by atoms with E-state index in [1.54, 1.807) is 0 Å². The van der Waals surface area contributed by atoms with Crippen LogP contribution in [0.1, 0.15) is 6.92 Å². The SMILES string of the molecule is C[C@@H](C(=O)Nc1ccc2ccccc2c1)N1CCN(c2ccccc2)CC1. The lowest BCUT2D eigenvalue weighted by Gasteiger charge is -2.38. The van der Waals surface area contributed by atoms with Crippen molar-refractivity contribution >= 4 is 28.1 Å². The molecule has 0 unspecified atom stereocenters. The molecule has 4 rings (SSSR count). The summed E-state index contributed by atoms with van der Waals surface area (Å²) < 4.78 is 0. The van der Waals surface area contributed by atoms with E-state index in [0.29, 0.717) is 0 Å². The van der Waals surface area contributed by atoms with Crippen LogP contribution in [0.2, 0.25) is 0 Å². The maximum atomic E-state index is 12.7. The van der Waals surface area contributed by atoms with E-state index in [9.17, 15) is 4.79 Å². The number of amides is 1. The fourth-order valence-electron chi connectivity index (χ4n) is 3.69. The molecule has 4 nitrogen and oxygen atoms in total. The van der Waals surface area contributed by atoms with Gasteiger partial charge in [0.05, 0.1) is 6.04 Å². The Labute approximate surface area is 160 Å². The number of nitrogens with one attached hydrogen (secondary N) is 1. The molecule has 3 aromatic carbocycles. The van der Waals surface area contributed by atoms with Gasteiger partial charge in [-0.25, -0.2) is 0 Å². The van der Waals surface area contributed by atoms with E-state index in [0.717, 1.165) is 37.3 Å². The molecule has 1 fully saturated rings. The molecule has 4 heteroatoms. The van der Waals surface area contributed by atoms with Crippen molar-refractivity contribution in [2.24, 2.45) is 0 Å². The van der Waals surface area contributed by atoms with Gasteiger partial charge in [-0.05, 0) is 42.0 Å². The minimum absolute atomic E-state index is 0.0541. The van der Waals surface area contributed by atoms with Gasteiger partial charge in [0, 0.05) is 37.6 Å². The predicted molar refractivity (Wildman–Crippen MR) is 112 cm³/mol. The Morgan fingerprint density at radius 3 is 2.26 bits per heavy atom. The topological polar surface area (TPSA) is 35.6 Å². The Kier molecular flexibility index (Phi) is 5.07. The molecule has 1 N–H and O–H groups in total. The number of anilines is 2. The lowest BCUT2D eigenvalue weighted by Crippen LogP contribution is -2.52. The van der Waals surface area contributed by atoms with Gasteiger partial charge in [-0.3, -0.25) is 9.69 Å². The van der Waals surface area contributed by atoms with E-state index in [4.69, 9.17) is 0 Å². The molecule has 0 radical (unpaired) electrons. The molecule has 0 aliphatic carbocycles. The standard InChI is InChI=1S/C23H25N3O/c1-18(25-13-15-26(16-14-25)22-9-3-2-4-10-22)23(27)24-21-12-11-19-7-5-6-8-20(19)17-21/h2-12,17-18H,13-16H2,1H3,(H,24,27)/t18-/m0/s1. The second-order valence-corrected chi connectivity index (χ2v) is 7.09. The lowest BCUT2D eigenvalue weighted by molar-refractivity contribution is -0.120. The number of carbonyl (C=O) groups is 1. The maximum Gasteiger partial charge on any atom is 0.241 e. The highest BCUT2D eigenvalue weighted by atomic mass is 16.2. The number of para-hydroxylation sites is 1. The third-order valence-electron chi connectivity index (χ3n) is 5.38. The fraction of sp³-hybridized carbons (Fsp3) is 0.261. The second kappa shape index (κ2) is 7.80. The Morgan fingerprint density at radius 1 is 0.852 bits per heavy atom. The second-order valence-electron chi connectivity index (χ2n) is 7.09. The van der Waals surface area contributed by atoms with Crippen LogP contribution in [0.15, 0.2) is 72.8 Å². The number of piperazine rings is 1. The van der Waals surface area contributed by atoms with Gasteiger partial charge < -0.3 is 10.2 Å².